The summed E-state index contributed by atoms with van der Waals surface area (Å²) in [7, 11) is 1.90. The average molecular weight is 421 g/mol. The molecule has 2 N–H and O–H groups in total. The predicted molar refractivity (Wildman–Crippen MR) is 129 cm³/mol. The zero-order valence-electron chi connectivity index (χ0n) is 18.6. The maximum absolute atomic E-state index is 5.82. The van der Waals surface area contributed by atoms with Gasteiger partial charge in [0.15, 0.2) is 0 Å². The summed E-state index contributed by atoms with van der Waals surface area (Å²) in [4.78, 5) is 11.5. The quantitative estimate of drug-likeness (QED) is 0.258. The lowest BCUT2D eigenvalue weighted by Gasteiger charge is -2.22. The monoisotopic (exact) mass is 420 g/mol. The van der Waals surface area contributed by atoms with Gasteiger partial charge < -0.3 is 15.0 Å². The molecule has 0 aliphatic carbocycles. The van der Waals surface area contributed by atoms with Gasteiger partial charge in [0.25, 0.3) is 0 Å². The van der Waals surface area contributed by atoms with E-state index in [2.05, 4.69) is 63.8 Å². The minimum absolute atomic E-state index is 0.542. The number of likely N-dealkylation sites (N-methyl/N-ethyl adjacent to an activating group) is 1. The van der Waals surface area contributed by atoms with E-state index in [1.54, 1.807) is 6.21 Å². The number of hydrogen-bond donors (Lipinski definition) is 2. The van der Waals surface area contributed by atoms with Crippen molar-refractivity contribution >= 4 is 28.6 Å². The number of hydrogen-bond acceptors (Lipinski definition) is 7. The first-order valence-corrected chi connectivity index (χ1v) is 10.9. The van der Waals surface area contributed by atoms with Crippen molar-refractivity contribution in [2.45, 2.75) is 26.7 Å². The zero-order valence-corrected chi connectivity index (χ0v) is 18.6. The third-order valence-corrected chi connectivity index (χ3v) is 4.72. The summed E-state index contributed by atoms with van der Waals surface area (Å²) in [5, 5.41) is 9.85. The Labute approximate surface area is 184 Å². The van der Waals surface area contributed by atoms with Gasteiger partial charge in [-0.15, -0.1) is 0 Å². The van der Waals surface area contributed by atoms with E-state index in [4.69, 9.17) is 9.72 Å². The van der Waals surface area contributed by atoms with Crippen LogP contribution in [0.1, 0.15) is 32.4 Å². The third-order valence-electron chi connectivity index (χ3n) is 4.72. The van der Waals surface area contributed by atoms with Gasteiger partial charge in [0.2, 0.25) is 11.8 Å². The Hall–Kier alpha value is -3.19. The molecule has 31 heavy (non-hydrogen) atoms. The first-order valence-electron chi connectivity index (χ1n) is 10.9. The third kappa shape index (κ3) is 6.65. The Kier molecular flexibility index (Phi) is 8.60. The topological polar surface area (TPSA) is 74.7 Å². The van der Waals surface area contributed by atoms with Crippen molar-refractivity contribution in [1.82, 2.24) is 15.3 Å². The molecule has 3 rings (SSSR count). The van der Waals surface area contributed by atoms with E-state index >= 15 is 0 Å². The fourth-order valence-electron chi connectivity index (χ4n) is 3.25. The minimum Gasteiger partial charge on any atom is -0.476 e. The van der Waals surface area contributed by atoms with Gasteiger partial charge in [-0.2, -0.15) is 10.1 Å². The van der Waals surface area contributed by atoms with Crippen LogP contribution < -0.4 is 20.4 Å². The molecule has 1 aromatic heterocycles. The number of rotatable bonds is 12. The Balaban J connectivity index is 1.79. The van der Waals surface area contributed by atoms with E-state index in [9.17, 15) is 0 Å². The Morgan fingerprint density at radius 2 is 1.77 bits per heavy atom. The van der Waals surface area contributed by atoms with Crippen LogP contribution >= 0.6 is 0 Å². The highest BCUT2D eigenvalue weighted by Gasteiger charge is 2.11. The molecule has 0 aliphatic heterocycles. The summed E-state index contributed by atoms with van der Waals surface area (Å²) in [5.41, 5.74) is 4.73. The van der Waals surface area contributed by atoms with Gasteiger partial charge in [0.1, 0.15) is 6.61 Å². The molecule has 0 unspecified atom stereocenters. The van der Waals surface area contributed by atoms with Crippen molar-refractivity contribution in [3.05, 3.63) is 54.2 Å². The van der Waals surface area contributed by atoms with Gasteiger partial charge in [0.05, 0.1) is 17.6 Å². The molecule has 0 atom stereocenters. The minimum atomic E-state index is 0.542. The number of ether oxygens (including phenoxy) is 1. The maximum atomic E-state index is 5.82. The summed E-state index contributed by atoms with van der Waals surface area (Å²) in [6, 6.07) is 16.3. The standard InChI is InChI=1S/C24H32N6O/c1-4-13-30(14-5-2)24-27-22(17-23(28-24)31-15-12-25-3)18-26-29-21-11-10-19-8-6-7-9-20(19)16-21/h6-11,16-18,25,29H,4-5,12-15H2,1-3H3/b26-18+. The number of anilines is 2. The van der Waals surface area contributed by atoms with Gasteiger partial charge in [-0.05, 0) is 42.8 Å². The Bertz CT molecular complexity index is 985. The van der Waals surface area contributed by atoms with Crippen molar-refractivity contribution in [3.8, 4) is 5.88 Å². The fourth-order valence-corrected chi connectivity index (χ4v) is 3.25. The first-order chi connectivity index (χ1) is 15.2. The van der Waals surface area contributed by atoms with Crippen LogP contribution in [0.15, 0.2) is 53.6 Å². The molecule has 7 heteroatoms. The van der Waals surface area contributed by atoms with Gasteiger partial charge in [-0.1, -0.05) is 44.2 Å². The molecule has 1 heterocycles. The van der Waals surface area contributed by atoms with Crippen LogP contribution in [0.5, 0.6) is 5.88 Å². The largest absolute Gasteiger partial charge is 0.476 e. The Morgan fingerprint density at radius 1 is 1.00 bits per heavy atom. The lowest BCUT2D eigenvalue weighted by atomic mass is 10.1. The zero-order chi connectivity index (χ0) is 21.9. The summed E-state index contributed by atoms with van der Waals surface area (Å²) in [6.45, 7) is 7.41. The molecule has 0 radical (unpaired) electrons. The molecule has 7 nitrogen and oxygen atoms in total. The van der Waals surface area contributed by atoms with Gasteiger partial charge in [-0.25, -0.2) is 4.98 Å². The van der Waals surface area contributed by atoms with E-state index in [0.29, 0.717) is 24.1 Å². The molecule has 0 aliphatic rings. The predicted octanol–water partition coefficient (Wildman–Crippen LogP) is 4.30. The highest BCUT2D eigenvalue weighted by atomic mass is 16.5. The van der Waals surface area contributed by atoms with Crippen LogP contribution in [0, 0.1) is 0 Å². The summed E-state index contributed by atoms with van der Waals surface area (Å²) in [6.07, 6.45) is 3.77. The van der Waals surface area contributed by atoms with Crippen LogP contribution in [0.4, 0.5) is 11.6 Å². The summed E-state index contributed by atoms with van der Waals surface area (Å²) < 4.78 is 5.82. The second-order valence-corrected chi connectivity index (χ2v) is 7.30. The molecular formula is C24H32N6O. The highest BCUT2D eigenvalue weighted by molar-refractivity contribution is 5.86. The van der Waals surface area contributed by atoms with E-state index in [1.165, 1.54) is 10.8 Å². The summed E-state index contributed by atoms with van der Waals surface area (Å²) >= 11 is 0. The molecule has 3 aromatic rings. The average Bonchev–Trinajstić information content (AvgIpc) is 2.79. The molecule has 0 bridgehead atoms. The maximum Gasteiger partial charge on any atom is 0.229 e. The number of aromatic nitrogens is 2. The van der Waals surface area contributed by atoms with Crippen molar-refractivity contribution in [3.63, 3.8) is 0 Å². The Morgan fingerprint density at radius 3 is 2.52 bits per heavy atom. The second kappa shape index (κ2) is 11.9. The van der Waals surface area contributed by atoms with Crippen LogP contribution in [0.25, 0.3) is 10.8 Å². The van der Waals surface area contributed by atoms with Crippen LogP contribution in [-0.2, 0) is 0 Å². The normalized spacial score (nSPS) is 11.2. The van der Waals surface area contributed by atoms with Gasteiger partial charge in [0, 0.05) is 25.7 Å². The van der Waals surface area contributed by atoms with E-state index < -0.39 is 0 Å². The number of fused-ring (bicyclic) bond motifs is 1. The molecule has 0 spiro atoms. The molecule has 0 amide bonds. The van der Waals surface area contributed by atoms with Crippen LogP contribution in [0.3, 0.4) is 0 Å². The molecular weight excluding hydrogens is 388 g/mol. The second-order valence-electron chi connectivity index (χ2n) is 7.30. The van der Waals surface area contributed by atoms with Crippen LogP contribution in [-0.4, -0.2) is 49.5 Å². The van der Waals surface area contributed by atoms with Gasteiger partial charge in [-0.3, -0.25) is 5.43 Å². The van der Waals surface area contributed by atoms with E-state index in [1.807, 2.05) is 31.3 Å². The summed E-state index contributed by atoms with van der Waals surface area (Å²) in [5.74, 6) is 1.24. The number of hydrazone groups is 1. The van der Waals surface area contributed by atoms with Crippen molar-refractivity contribution in [1.29, 1.82) is 0 Å². The van der Waals surface area contributed by atoms with E-state index in [0.717, 1.165) is 38.2 Å². The molecule has 0 saturated heterocycles. The van der Waals surface area contributed by atoms with Crippen LogP contribution in [0.2, 0.25) is 0 Å². The van der Waals surface area contributed by atoms with Crippen molar-refractivity contribution in [2.75, 3.05) is 43.6 Å². The van der Waals surface area contributed by atoms with Gasteiger partial charge >= 0.3 is 0 Å². The van der Waals surface area contributed by atoms with E-state index in [-0.39, 0.29) is 0 Å². The number of nitrogens with one attached hydrogen (secondary N) is 2. The molecule has 0 fully saturated rings. The molecule has 0 saturated carbocycles. The number of nitrogens with zero attached hydrogens (tertiary/aromatic N) is 4. The smallest absolute Gasteiger partial charge is 0.229 e. The SMILES string of the molecule is CCCN(CCC)c1nc(/C=N/Nc2ccc3ccccc3c2)cc(OCCNC)n1. The fraction of sp³-hybridized carbons (Fsp3) is 0.375. The lowest BCUT2D eigenvalue weighted by molar-refractivity contribution is 0.306. The molecule has 164 valence electrons. The lowest BCUT2D eigenvalue weighted by Crippen LogP contribution is -2.27. The number of benzene rings is 2. The van der Waals surface area contributed by atoms with Crippen molar-refractivity contribution < 1.29 is 4.74 Å². The first kappa shape index (κ1) is 22.5. The molecule has 2 aromatic carbocycles. The highest BCUT2D eigenvalue weighted by Crippen LogP contribution is 2.19. The van der Waals surface area contributed by atoms with Crippen molar-refractivity contribution in [2.24, 2.45) is 5.10 Å².